The van der Waals surface area contributed by atoms with Crippen LogP contribution in [0, 0.1) is 13.8 Å². The molecule has 0 bridgehead atoms. The smallest absolute Gasteiger partial charge is 0.408 e. The van der Waals surface area contributed by atoms with Crippen molar-refractivity contribution >= 4 is 35.1 Å². The predicted octanol–water partition coefficient (Wildman–Crippen LogP) is 4.00. The first kappa shape index (κ1) is 25.2. The molecule has 0 spiro atoms. The quantitative estimate of drug-likeness (QED) is 0.515. The molecule has 3 aromatic rings. The third-order valence-corrected chi connectivity index (χ3v) is 5.16. The summed E-state index contributed by atoms with van der Waals surface area (Å²) in [5, 5.41) is 10.4. The SMILES string of the molecule is COc1ccc(Cl)cc1NC(=O)CCc1c(C)nc2nc(CNC(=O)OC(C)(C)C)nn2c1C. The third-order valence-electron chi connectivity index (χ3n) is 4.92. The van der Waals surface area contributed by atoms with Gasteiger partial charge in [-0.1, -0.05) is 11.6 Å². The van der Waals surface area contributed by atoms with E-state index in [1.54, 1.807) is 43.5 Å². The van der Waals surface area contributed by atoms with Crippen LogP contribution in [0.25, 0.3) is 5.78 Å². The first-order valence-electron chi connectivity index (χ1n) is 10.8. The highest BCUT2D eigenvalue weighted by Gasteiger charge is 2.18. The Hall–Kier alpha value is -3.40. The number of hydrogen-bond donors (Lipinski definition) is 2. The summed E-state index contributed by atoms with van der Waals surface area (Å²) >= 11 is 6.04. The van der Waals surface area contributed by atoms with Gasteiger partial charge in [0.25, 0.3) is 5.78 Å². The molecule has 3 rings (SSSR count). The Morgan fingerprint density at radius 3 is 2.59 bits per heavy atom. The van der Waals surface area contributed by atoms with Gasteiger partial charge in [0.2, 0.25) is 5.91 Å². The van der Waals surface area contributed by atoms with Crippen molar-refractivity contribution < 1.29 is 19.1 Å². The molecule has 0 fully saturated rings. The molecule has 0 saturated heterocycles. The number of anilines is 1. The van der Waals surface area contributed by atoms with Gasteiger partial charge >= 0.3 is 6.09 Å². The maximum atomic E-state index is 12.6. The molecule has 0 aliphatic rings. The molecule has 0 unspecified atom stereocenters. The number of fused-ring (bicyclic) bond motifs is 1. The molecule has 34 heavy (non-hydrogen) atoms. The van der Waals surface area contributed by atoms with Crippen LogP contribution in [0.3, 0.4) is 0 Å². The number of aryl methyl sites for hydroxylation is 2. The van der Waals surface area contributed by atoms with Crippen LogP contribution >= 0.6 is 11.6 Å². The fraction of sp³-hybridized carbons (Fsp3) is 0.435. The monoisotopic (exact) mass is 488 g/mol. The van der Waals surface area contributed by atoms with Crippen LogP contribution in [0.15, 0.2) is 18.2 Å². The number of halogens is 1. The van der Waals surface area contributed by atoms with E-state index in [-0.39, 0.29) is 18.9 Å². The maximum Gasteiger partial charge on any atom is 0.408 e. The molecule has 2 amide bonds. The topological polar surface area (TPSA) is 120 Å². The fourth-order valence-electron chi connectivity index (χ4n) is 3.38. The van der Waals surface area contributed by atoms with Gasteiger partial charge in [-0.3, -0.25) is 4.79 Å². The normalized spacial score (nSPS) is 11.4. The summed E-state index contributed by atoms with van der Waals surface area (Å²) in [6.07, 6.45) is 0.141. The number of alkyl carbamates (subject to hydrolysis) is 1. The van der Waals surface area contributed by atoms with Crippen LogP contribution < -0.4 is 15.4 Å². The van der Waals surface area contributed by atoms with Crippen molar-refractivity contribution in [3.8, 4) is 5.75 Å². The number of amides is 2. The number of nitrogens with zero attached hydrogens (tertiary/aromatic N) is 4. The molecule has 2 aromatic heterocycles. The zero-order chi connectivity index (χ0) is 25.0. The Morgan fingerprint density at radius 2 is 1.91 bits per heavy atom. The summed E-state index contributed by atoms with van der Waals surface area (Å²) in [5.74, 6) is 1.18. The summed E-state index contributed by atoms with van der Waals surface area (Å²) in [4.78, 5) is 33.4. The second-order valence-electron chi connectivity index (χ2n) is 8.75. The lowest BCUT2D eigenvalue weighted by Gasteiger charge is -2.19. The number of carbonyl (C=O) groups is 2. The second kappa shape index (κ2) is 10.3. The highest BCUT2D eigenvalue weighted by atomic mass is 35.5. The molecule has 2 N–H and O–H groups in total. The highest BCUT2D eigenvalue weighted by Crippen LogP contribution is 2.28. The van der Waals surface area contributed by atoms with Crippen LogP contribution in [0.2, 0.25) is 5.02 Å². The molecule has 1 aromatic carbocycles. The molecule has 2 heterocycles. The Kier molecular flexibility index (Phi) is 7.61. The van der Waals surface area contributed by atoms with Crippen LogP contribution in [-0.4, -0.2) is 44.3 Å². The Morgan fingerprint density at radius 1 is 1.18 bits per heavy atom. The van der Waals surface area contributed by atoms with Crippen LogP contribution in [0.5, 0.6) is 5.75 Å². The Bertz CT molecular complexity index is 1220. The standard InChI is InChI=1S/C23H29ClN6O4/c1-13-16(8-10-20(31)27-17-11-15(24)7-9-18(17)33-6)14(2)30-21(26-13)28-19(29-30)12-25-22(32)34-23(3,4)5/h7,9,11H,8,10,12H2,1-6H3,(H,25,32)(H,27,31). The molecule has 0 aliphatic carbocycles. The molecule has 0 atom stereocenters. The predicted molar refractivity (Wildman–Crippen MR) is 128 cm³/mol. The van der Waals surface area contributed by atoms with Crippen LogP contribution in [-0.2, 0) is 22.5 Å². The maximum absolute atomic E-state index is 12.6. The minimum absolute atomic E-state index is 0.107. The lowest BCUT2D eigenvalue weighted by atomic mass is 10.1. The van der Waals surface area contributed by atoms with Crippen molar-refractivity contribution in [2.75, 3.05) is 12.4 Å². The summed E-state index contributed by atoms with van der Waals surface area (Å²) in [5.41, 5.74) is 2.41. The summed E-state index contributed by atoms with van der Waals surface area (Å²) in [6, 6.07) is 5.04. The zero-order valence-corrected chi connectivity index (χ0v) is 20.9. The van der Waals surface area contributed by atoms with Crippen molar-refractivity contribution in [2.45, 2.75) is 59.6 Å². The van der Waals surface area contributed by atoms with E-state index < -0.39 is 11.7 Å². The molecule has 10 nitrogen and oxygen atoms in total. The zero-order valence-electron chi connectivity index (χ0n) is 20.2. The van der Waals surface area contributed by atoms with Gasteiger partial charge in [-0.05, 0) is 64.8 Å². The average Bonchev–Trinajstić information content (AvgIpc) is 3.14. The number of hydrogen-bond acceptors (Lipinski definition) is 7. The minimum Gasteiger partial charge on any atom is -0.495 e. The fourth-order valence-corrected chi connectivity index (χ4v) is 3.55. The number of methoxy groups -OCH3 is 1. The molecule has 0 radical (unpaired) electrons. The number of aromatic nitrogens is 4. The van der Waals surface area contributed by atoms with Crippen LogP contribution in [0.1, 0.15) is 50.0 Å². The van der Waals surface area contributed by atoms with E-state index in [1.807, 2.05) is 13.8 Å². The first-order chi connectivity index (χ1) is 16.0. The summed E-state index contributed by atoms with van der Waals surface area (Å²) in [6.45, 7) is 9.25. The van der Waals surface area contributed by atoms with Gasteiger partial charge < -0.3 is 20.1 Å². The van der Waals surface area contributed by atoms with E-state index in [0.717, 1.165) is 17.0 Å². The molecular weight excluding hydrogens is 460 g/mol. The number of nitrogens with one attached hydrogen (secondary N) is 2. The number of rotatable bonds is 7. The van der Waals surface area contributed by atoms with Gasteiger partial charge in [-0.15, -0.1) is 5.10 Å². The van der Waals surface area contributed by atoms with Gasteiger partial charge in [0.15, 0.2) is 5.82 Å². The Labute approximate surface area is 203 Å². The van der Waals surface area contributed by atoms with Gasteiger partial charge in [0.05, 0.1) is 19.3 Å². The summed E-state index contributed by atoms with van der Waals surface area (Å²) in [7, 11) is 1.53. The van der Waals surface area contributed by atoms with E-state index >= 15 is 0 Å². The van der Waals surface area contributed by atoms with Gasteiger partial charge in [-0.25, -0.2) is 14.3 Å². The third kappa shape index (κ3) is 6.34. The summed E-state index contributed by atoms with van der Waals surface area (Å²) < 4.78 is 12.1. The van der Waals surface area contributed by atoms with Crippen molar-refractivity contribution in [3.05, 3.63) is 46.0 Å². The van der Waals surface area contributed by atoms with Crippen LogP contribution in [0.4, 0.5) is 10.5 Å². The largest absolute Gasteiger partial charge is 0.495 e. The average molecular weight is 489 g/mol. The van der Waals surface area contributed by atoms with Gasteiger partial charge in [-0.2, -0.15) is 4.98 Å². The van der Waals surface area contributed by atoms with E-state index in [2.05, 4.69) is 25.7 Å². The van der Waals surface area contributed by atoms with Crippen molar-refractivity contribution in [1.29, 1.82) is 0 Å². The van der Waals surface area contributed by atoms with Crippen molar-refractivity contribution in [1.82, 2.24) is 24.9 Å². The van der Waals surface area contributed by atoms with E-state index in [4.69, 9.17) is 21.1 Å². The van der Waals surface area contributed by atoms with Crippen molar-refractivity contribution in [2.24, 2.45) is 0 Å². The molecular formula is C23H29ClN6O4. The number of ether oxygens (including phenoxy) is 2. The molecule has 0 saturated carbocycles. The molecule has 11 heteroatoms. The number of benzene rings is 1. The van der Waals surface area contributed by atoms with E-state index in [1.165, 1.54) is 7.11 Å². The van der Waals surface area contributed by atoms with Gasteiger partial charge in [0, 0.05) is 22.8 Å². The first-order valence-corrected chi connectivity index (χ1v) is 11.2. The van der Waals surface area contributed by atoms with Gasteiger partial charge in [0.1, 0.15) is 11.4 Å². The minimum atomic E-state index is -0.592. The Balaban J connectivity index is 1.69. The lowest BCUT2D eigenvalue weighted by Crippen LogP contribution is -2.32. The second-order valence-corrected chi connectivity index (χ2v) is 9.19. The lowest BCUT2D eigenvalue weighted by molar-refractivity contribution is -0.116. The number of carbonyl (C=O) groups excluding carboxylic acids is 2. The van der Waals surface area contributed by atoms with E-state index in [0.29, 0.717) is 34.5 Å². The molecule has 182 valence electrons. The highest BCUT2D eigenvalue weighted by molar-refractivity contribution is 6.31. The van der Waals surface area contributed by atoms with Crippen molar-refractivity contribution in [3.63, 3.8) is 0 Å². The molecule has 0 aliphatic heterocycles. The van der Waals surface area contributed by atoms with E-state index in [9.17, 15) is 9.59 Å².